The van der Waals surface area contributed by atoms with Gasteiger partial charge in [-0.2, -0.15) is 0 Å². The van der Waals surface area contributed by atoms with Gasteiger partial charge in [0.2, 0.25) is 0 Å². The number of piperidine rings is 1. The average Bonchev–Trinajstić information content (AvgIpc) is 3.02. The number of hydrogen-bond acceptors (Lipinski definition) is 5. The summed E-state index contributed by atoms with van der Waals surface area (Å²) in [5, 5.41) is 8.59. The summed E-state index contributed by atoms with van der Waals surface area (Å²) >= 11 is 1.52. The summed E-state index contributed by atoms with van der Waals surface area (Å²) in [6.45, 7) is 5.29. The van der Waals surface area contributed by atoms with Crippen LogP contribution >= 0.6 is 11.3 Å². The number of rotatable bonds is 4. The molecule has 1 aliphatic rings. The summed E-state index contributed by atoms with van der Waals surface area (Å²) in [6, 6.07) is -0.230. The molecule has 3 amide bonds. The van der Waals surface area contributed by atoms with Gasteiger partial charge < -0.3 is 20.3 Å². The molecule has 0 bridgehead atoms. The van der Waals surface area contributed by atoms with Gasteiger partial charge in [0.05, 0.1) is 12.6 Å². The Morgan fingerprint density at radius 1 is 1.50 bits per heavy atom. The zero-order chi connectivity index (χ0) is 15.9. The van der Waals surface area contributed by atoms with Crippen molar-refractivity contribution in [2.24, 2.45) is 0 Å². The summed E-state index contributed by atoms with van der Waals surface area (Å²) in [5.41, 5.74) is 0. The van der Waals surface area contributed by atoms with E-state index in [1.807, 2.05) is 12.3 Å². The first-order valence-electron chi connectivity index (χ1n) is 7.48. The SMILES string of the molecule is CCOC(=O)N1CCC(NC(=O)NC(C)c2nccs2)CC1. The van der Waals surface area contributed by atoms with E-state index in [2.05, 4.69) is 15.6 Å². The Balaban J connectivity index is 1.71. The van der Waals surface area contributed by atoms with Crippen LogP contribution < -0.4 is 10.6 Å². The van der Waals surface area contributed by atoms with E-state index in [1.54, 1.807) is 18.0 Å². The van der Waals surface area contributed by atoms with Crippen LogP contribution in [0.2, 0.25) is 0 Å². The smallest absolute Gasteiger partial charge is 0.409 e. The van der Waals surface area contributed by atoms with Crippen molar-refractivity contribution in [2.75, 3.05) is 19.7 Å². The Hall–Kier alpha value is -1.83. The molecule has 8 heteroatoms. The van der Waals surface area contributed by atoms with E-state index >= 15 is 0 Å². The fraction of sp³-hybridized carbons (Fsp3) is 0.643. The van der Waals surface area contributed by atoms with Crippen LogP contribution in [0.25, 0.3) is 0 Å². The van der Waals surface area contributed by atoms with Crippen molar-refractivity contribution < 1.29 is 14.3 Å². The number of urea groups is 1. The van der Waals surface area contributed by atoms with Crippen molar-refractivity contribution in [1.29, 1.82) is 0 Å². The van der Waals surface area contributed by atoms with E-state index in [1.165, 1.54) is 11.3 Å². The topological polar surface area (TPSA) is 83.6 Å². The first-order chi connectivity index (χ1) is 10.6. The number of nitrogens with zero attached hydrogens (tertiary/aromatic N) is 2. The summed E-state index contributed by atoms with van der Waals surface area (Å²) in [4.78, 5) is 29.4. The minimum atomic E-state index is -0.275. The molecule has 0 aromatic carbocycles. The van der Waals surface area contributed by atoms with Crippen molar-refractivity contribution in [2.45, 2.75) is 38.8 Å². The third-order valence-electron chi connectivity index (χ3n) is 3.53. The zero-order valence-corrected chi connectivity index (χ0v) is 13.7. The highest BCUT2D eigenvalue weighted by Gasteiger charge is 2.25. The molecule has 1 aliphatic heterocycles. The molecule has 22 heavy (non-hydrogen) atoms. The second kappa shape index (κ2) is 7.98. The number of ether oxygens (including phenoxy) is 1. The van der Waals surface area contributed by atoms with Crippen LogP contribution in [0.5, 0.6) is 0 Å². The molecular formula is C14H22N4O3S. The molecule has 1 aromatic rings. The number of thiazole rings is 1. The van der Waals surface area contributed by atoms with Gasteiger partial charge in [-0.25, -0.2) is 14.6 Å². The maximum atomic E-state index is 12.0. The average molecular weight is 326 g/mol. The number of carbonyl (C=O) groups is 2. The summed E-state index contributed by atoms with van der Waals surface area (Å²) in [7, 11) is 0. The standard InChI is InChI=1S/C14H22N4O3S/c1-3-21-14(20)18-7-4-11(5-8-18)17-13(19)16-10(2)12-15-6-9-22-12/h6,9-11H,3-5,7-8H2,1-2H3,(H2,16,17,19). The molecule has 1 aromatic heterocycles. The van der Waals surface area contributed by atoms with Crippen molar-refractivity contribution in [3.63, 3.8) is 0 Å². The molecule has 2 N–H and O–H groups in total. The Labute approximate surface area is 134 Å². The molecule has 1 atom stereocenters. The van der Waals surface area contributed by atoms with Crippen LogP contribution in [0.15, 0.2) is 11.6 Å². The Kier molecular flexibility index (Phi) is 6.00. The highest BCUT2D eigenvalue weighted by molar-refractivity contribution is 7.09. The van der Waals surface area contributed by atoms with Crippen LogP contribution in [0.1, 0.15) is 37.7 Å². The number of aromatic nitrogens is 1. The van der Waals surface area contributed by atoms with E-state index in [0.29, 0.717) is 19.7 Å². The monoisotopic (exact) mass is 326 g/mol. The van der Waals surface area contributed by atoms with Gasteiger partial charge in [-0.1, -0.05) is 0 Å². The van der Waals surface area contributed by atoms with Gasteiger partial charge in [0.1, 0.15) is 5.01 Å². The summed E-state index contributed by atoms with van der Waals surface area (Å²) in [5.74, 6) is 0. The second-order valence-corrected chi connectivity index (χ2v) is 6.10. The van der Waals surface area contributed by atoms with Crippen molar-refractivity contribution in [3.05, 3.63) is 16.6 Å². The number of nitrogens with one attached hydrogen (secondary N) is 2. The van der Waals surface area contributed by atoms with Crippen molar-refractivity contribution >= 4 is 23.5 Å². The summed E-state index contributed by atoms with van der Waals surface area (Å²) < 4.78 is 4.97. The Morgan fingerprint density at radius 2 is 2.23 bits per heavy atom. The predicted octanol–water partition coefficient (Wildman–Crippen LogP) is 2.12. The van der Waals surface area contributed by atoms with Crippen LogP contribution in [0, 0.1) is 0 Å². The normalized spacial score (nSPS) is 16.9. The highest BCUT2D eigenvalue weighted by atomic mass is 32.1. The number of carbonyl (C=O) groups excluding carboxylic acids is 2. The van der Waals surface area contributed by atoms with Crippen molar-refractivity contribution in [3.8, 4) is 0 Å². The van der Waals surface area contributed by atoms with Gasteiger partial charge in [0, 0.05) is 30.7 Å². The lowest BCUT2D eigenvalue weighted by Crippen LogP contribution is -2.49. The van der Waals surface area contributed by atoms with Gasteiger partial charge in [-0.3, -0.25) is 0 Å². The molecule has 2 heterocycles. The summed E-state index contributed by atoms with van der Waals surface area (Å²) in [6.07, 6.45) is 2.92. The Morgan fingerprint density at radius 3 is 2.82 bits per heavy atom. The molecule has 1 saturated heterocycles. The maximum absolute atomic E-state index is 12.0. The minimum Gasteiger partial charge on any atom is -0.450 e. The zero-order valence-electron chi connectivity index (χ0n) is 12.9. The largest absolute Gasteiger partial charge is 0.450 e. The predicted molar refractivity (Wildman–Crippen MR) is 83.8 cm³/mol. The van der Waals surface area contributed by atoms with Crippen LogP contribution in [0.4, 0.5) is 9.59 Å². The lowest BCUT2D eigenvalue weighted by molar-refractivity contribution is 0.0957. The molecule has 7 nitrogen and oxygen atoms in total. The first kappa shape index (κ1) is 16.5. The molecule has 2 rings (SSSR count). The van der Waals surface area contributed by atoms with E-state index < -0.39 is 0 Å². The number of amides is 3. The van der Waals surface area contributed by atoms with Crippen LogP contribution in [-0.2, 0) is 4.74 Å². The molecule has 0 saturated carbocycles. The van der Waals surface area contributed by atoms with E-state index in [9.17, 15) is 9.59 Å². The van der Waals surface area contributed by atoms with E-state index in [0.717, 1.165) is 17.8 Å². The van der Waals surface area contributed by atoms with E-state index in [4.69, 9.17) is 4.74 Å². The lowest BCUT2D eigenvalue weighted by Gasteiger charge is -2.31. The molecular weight excluding hydrogens is 304 g/mol. The molecule has 0 aliphatic carbocycles. The van der Waals surface area contributed by atoms with Crippen LogP contribution in [0.3, 0.4) is 0 Å². The third-order valence-corrected chi connectivity index (χ3v) is 4.48. The molecule has 1 fully saturated rings. The Bertz CT molecular complexity index is 486. The van der Waals surface area contributed by atoms with Crippen LogP contribution in [-0.4, -0.2) is 47.7 Å². The van der Waals surface area contributed by atoms with E-state index in [-0.39, 0.29) is 24.2 Å². The fourth-order valence-corrected chi connectivity index (χ4v) is 3.00. The molecule has 122 valence electrons. The molecule has 1 unspecified atom stereocenters. The number of hydrogen-bond donors (Lipinski definition) is 2. The maximum Gasteiger partial charge on any atom is 0.409 e. The van der Waals surface area contributed by atoms with Gasteiger partial charge in [-0.05, 0) is 26.7 Å². The quantitative estimate of drug-likeness (QED) is 0.888. The lowest BCUT2D eigenvalue weighted by atomic mass is 10.1. The van der Waals surface area contributed by atoms with Gasteiger partial charge in [-0.15, -0.1) is 11.3 Å². The third kappa shape index (κ3) is 4.59. The second-order valence-electron chi connectivity index (χ2n) is 5.17. The minimum absolute atomic E-state index is 0.0779. The fourth-order valence-electron chi connectivity index (χ4n) is 2.35. The molecule has 0 spiro atoms. The van der Waals surface area contributed by atoms with Gasteiger partial charge in [0.25, 0.3) is 0 Å². The van der Waals surface area contributed by atoms with Gasteiger partial charge >= 0.3 is 12.1 Å². The highest BCUT2D eigenvalue weighted by Crippen LogP contribution is 2.15. The first-order valence-corrected chi connectivity index (χ1v) is 8.36. The van der Waals surface area contributed by atoms with Crippen molar-refractivity contribution in [1.82, 2.24) is 20.5 Å². The van der Waals surface area contributed by atoms with Gasteiger partial charge in [0.15, 0.2) is 0 Å². The molecule has 0 radical (unpaired) electrons. The number of likely N-dealkylation sites (tertiary alicyclic amines) is 1.